The molecule has 0 amide bonds. The van der Waals surface area contributed by atoms with E-state index in [2.05, 4.69) is 0 Å². The third kappa shape index (κ3) is 2.61. The highest BCUT2D eigenvalue weighted by molar-refractivity contribution is 6.36. The zero-order valence-electron chi connectivity index (χ0n) is 14.9. The minimum atomic E-state index is -0.849. The van der Waals surface area contributed by atoms with Gasteiger partial charge in [-0.1, -0.05) is 84.4 Å². The summed E-state index contributed by atoms with van der Waals surface area (Å²) in [6.07, 6.45) is 4.05. The first-order valence-corrected chi connectivity index (χ1v) is 9.46. The van der Waals surface area contributed by atoms with Crippen LogP contribution in [0.2, 0.25) is 5.02 Å². The van der Waals surface area contributed by atoms with Crippen molar-refractivity contribution in [2.24, 2.45) is 0 Å². The first-order chi connectivity index (χ1) is 13.7. The molecule has 28 heavy (non-hydrogen) atoms. The van der Waals surface area contributed by atoms with E-state index in [1.807, 2.05) is 72.8 Å². The second-order valence-corrected chi connectivity index (χ2v) is 7.27. The molecule has 1 heterocycles. The van der Waals surface area contributed by atoms with E-state index in [1.165, 1.54) is 12.1 Å². The third-order valence-electron chi connectivity index (χ3n) is 5.21. The number of rotatable bonds is 2. The van der Waals surface area contributed by atoms with Gasteiger partial charge in [-0.25, -0.2) is 4.39 Å². The first kappa shape index (κ1) is 17.0. The molecule has 5 rings (SSSR count). The van der Waals surface area contributed by atoms with Crippen LogP contribution in [0.1, 0.15) is 16.7 Å². The SMILES string of the molecule is Fc1ccc(C2(c3ccccc3)C=Cc3cc(Cl)c4ccccc4c3O2)cc1. The predicted molar refractivity (Wildman–Crippen MR) is 112 cm³/mol. The van der Waals surface area contributed by atoms with Crippen LogP contribution in [0.25, 0.3) is 16.8 Å². The second kappa shape index (κ2) is 6.50. The number of halogens is 2. The molecule has 1 unspecified atom stereocenters. The van der Waals surface area contributed by atoms with Gasteiger partial charge in [-0.05, 0) is 24.3 Å². The maximum atomic E-state index is 13.6. The highest BCUT2D eigenvalue weighted by atomic mass is 35.5. The van der Waals surface area contributed by atoms with Gasteiger partial charge in [-0.15, -0.1) is 0 Å². The number of hydrogen-bond donors (Lipinski definition) is 0. The maximum absolute atomic E-state index is 13.6. The van der Waals surface area contributed by atoms with E-state index in [0.29, 0.717) is 5.02 Å². The molecule has 0 aromatic heterocycles. The summed E-state index contributed by atoms with van der Waals surface area (Å²) in [5.41, 5.74) is 1.92. The zero-order chi connectivity index (χ0) is 19.1. The molecule has 0 N–H and O–H groups in total. The lowest BCUT2D eigenvalue weighted by Crippen LogP contribution is -2.34. The molecule has 1 aliphatic heterocycles. The van der Waals surface area contributed by atoms with Gasteiger partial charge in [0.1, 0.15) is 11.6 Å². The Morgan fingerprint density at radius 2 is 1.39 bits per heavy atom. The van der Waals surface area contributed by atoms with Gasteiger partial charge in [0.15, 0.2) is 5.60 Å². The summed E-state index contributed by atoms with van der Waals surface area (Å²) in [6.45, 7) is 0. The average Bonchev–Trinajstić information content (AvgIpc) is 2.75. The zero-order valence-corrected chi connectivity index (χ0v) is 15.7. The lowest BCUT2D eigenvalue weighted by atomic mass is 9.83. The number of ether oxygens (including phenoxy) is 1. The van der Waals surface area contributed by atoms with Crippen molar-refractivity contribution in [3.63, 3.8) is 0 Å². The monoisotopic (exact) mass is 386 g/mol. The van der Waals surface area contributed by atoms with E-state index in [9.17, 15) is 4.39 Å². The lowest BCUT2D eigenvalue weighted by molar-refractivity contribution is 0.163. The molecule has 0 fully saturated rings. The fourth-order valence-electron chi connectivity index (χ4n) is 3.82. The van der Waals surface area contributed by atoms with E-state index in [1.54, 1.807) is 12.1 Å². The molecular formula is C25H16ClFO. The minimum absolute atomic E-state index is 0.274. The predicted octanol–water partition coefficient (Wildman–Crippen LogP) is 6.98. The Kier molecular flexibility index (Phi) is 3.96. The lowest BCUT2D eigenvalue weighted by Gasteiger charge is -2.36. The van der Waals surface area contributed by atoms with Gasteiger partial charge in [-0.2, -0.15) is 0 Å². The summed E-state index contributed by atoms with van der Waals surface area (Å²) >= 11 is 6.49. The summed E-state index contributed by atoms with van der Waals surface area (Å²) in [6, 6.07) is 26.3. The Balaban J connectivity index is 1.78. The van der Waals surface area contributed by atoms with Crippen molar-refractivity contribution in [1.29, 1.82) is 0 Å². The van der Waals surface area contributed by atoms with Crippen molar-refractivity contribution in [1.82, 2.24) is 0 Å². The van der Waals surface area contributed by atoms with E-state index < -0.39 is 5.60 Å². The molecule has 3 heteroatoms. The summed E-state index contributed by atoms with van der Waals surface area (Å²) in [4.78, 5) is 0. The van der Waals surface area contributed by atoms with Crippen molar-refractivity contribution >= 4 is 28.4 Å². The van der Waals surface area contributed by atoms with Crippen LogP contribution in [-0.2, 0) is 5.60 Å². The number of benzene rings is 4. The largest absolute Gasteiger partial charge is 0.472 e. The summed E-state index contributed by atoms with van der Waals surface area (Å²) in [5.74, 6) is 0.500. The van der Waals surface area contributed by atoms with Gasteiger partial charge < -0.3 is 4.74 Å². The molecule has 0 bridgehead atoms. The molecule has 0 saturated carbocycles. The van der Waals surface area contributed by atoms with Gasteiger partial charge in [0, 0.05) is 32.5 Å². The molecule has 4 aromatic rings. The fraction of sp³-hybridized carbons (Fsp3) is 0.0400. The molecular weight excluding hydrogens is 371 g/mol. The van der Waals surface area contributed by atoms with Gasteiger partial charge >= 0.3 is 0 Å². The first-order valence-electron chi connectivity index (χ1n) is 9.08. The van der Waals surface area contributed by atoms with Crippen LogP contribution in [0.3, 0.4) is 0 Å². The van der Waals surface area contributed by atoms with Crippen molar-refractivity contribution in [2.75, 3.05) is 0 Å². The quantitative estimate of drug-likeness (QED) is 0.361. The van der Waals surface area contributed by atoms with Gasteiger partial charge in [0.25, 0.3) is 0 Å². The summed E-state index contributed by atoms with van der Waals surface area (Å²) in [5, 5.41) is 2.59. The standard InChI is InChI=1S/C25H16ClFO/c26-23-16-17-14-15-25(18-6-2-1-3-7-18,19-10-12-20(27)13-11-19)28-24(17)22-9-5-4-8-21(22)23/h1-16H. The number of hydrogen-bond acceptors (Lipinski definition) is 1. The molecule has 0 radical (unpaired) electrons. The van der Waals surface area contributed by atoms with Crippen LogP contribution >= 0.6 is 11.6 Å². The molecule has 1 aliphatic rings. The normalized spacial score (nSPS) is 17.9. The van der Waals surface area contributed by atoms with Crippen molar-refractivity contribution in [2.45, 2.75) is 5.60 Å². The Morgan fingerprint density at radius 3 is 2.14 bits per heavy atom. The van der Waals surface area contributed by atoms with Crippen LogP contribution in [0.15, 0.2) is 91.0 Å². The van der Waals surface area contributed by atoms with Crippen LogP contribution in [0, 0.1) is 5.82 Å². The van der Waals surface area contributed by atoms with Crippen LogP contribution in [-0.4, -0.2) is 0 Å². The van der Waals surface area contributed by atoms with Crippen molar-refractivity contribution in [3.05, 3.63) is 119 Å². The van der Waals surface area contributed by atoms with Crippen LogP contribution in [0.5, 0.6) is 5.75 Å². The number of fused-ring (bicyclic) bond motifs is 3. The topological polar surface area (TPSA) is 9.23 Å². The van der Waals surface area contributed by atoms with Crippen LogP contribution < -0.4 is 4.74 Å². The van der Waals surface area contributed by atoms with E-state index >= 15 is 0 Å². The van der Waals surface area contributed by atoms with E-state index in [4.69, 9.17) is 16.3 Å². The second-order valence-electron chi connectivity index (χ2n) is 6.87. The summed E-state index contributed by atoms with van der Waals surface area (Å²) < 4.78 is 20.3. The minimum Gasteiger partial charge on any atom is -0.472 e. The highest BCUT2D eigenvalue weighted by Crippen LogP contribution is 2.46. The molecule has 136 valence electrons. The molecule has 1 nitrogen and oxygen atoms in total. The van der Waals surface area contributed by atoms with Gasteiger partial charge in [0.2, 0.25) is 0 Å². The fourth-order valence-corrected chi connectivity index (χ4v) is 4.11. The Morgan fingerprint density at radius 1 is 0.750 bits per heavy atom. The van der Waals surface area contributed by atoms with E-state index in [0.717, 1.165) is 33.2 Å². The molecule has 1 atom stereocenters. The smallest absolute Gasteiger partial charge is 0.178 e. The molecule has 0 aliphatic carbocycles. The maximum Gasteiger partial charge on any atom is 0.178 e. The average molecular weight is 387 g/mol. The van der Waals surface area contributed by atoms with Crippen molar-refractivity contribution < 1.29 is 9.13 Å². The molecule has 0 saturated heterocycles. The van der Waals surface area contributed by atoms with Crippen LogP contribution in [0.4, 0.5) is 4.39 Å². The molecule has 4 aromatic carbocycles. The Bertz CT molecular complexity index is 1200. The van der Waals surface area contributed by atoms with Gasteiger partial charge in [0.05, 0.1) is 0 Å². The highest BCUT2D eigenvalue weighted by Gasteiger charge is 2.37. The Hall–Kier alpha value is -3.10. The van der Waals surface area contributed by atoms with Crippen molar-refractivity contribution in [3.8, 4) is 5.75 Å². The Labute approximate surface area is 167 Å². The molecule has 0 spiro atoms. The third-order valence-corrected chi connectivity index (χ3v) is 5.52. The van der Waals surface area contributed by atoms with Gasteiger partial charge in [-0.3, -0.25) is 0 Å². The summed E-state index contributed by atoms with van der Waals surface area (Å²) in [7, 11) is 0. The van der Waals surface area contributed by atoms with E-state index in [-0.39, 0.29) is 5.82 Å².